The number of aliphatic hydroxyl groups is 1. The first kappa shape index (κ1) is 12.0. The lowest BCUT2D eigenvalue weighted by Gasteiger charge is -2.26. The molecular weight excluding hydrogens is 176 g/mol. The van der Waals surface area contributed by atoms with Gasteiger partial charge >= 0.3 is 0 Å². The summed E-state index contributed by atoms with van der Waals surface area (Å²) in [7, 11) is 0. The van der Waals surface area contributed by atoms with Crippen LogP contribution in [0.25, 0.3) is 0 Å². The minimum absolute atomic E-state index is 0.189. The maximum atomic E-state index is 9.30. The van der Waals surface area contributed by atoms with E-state index in [0.29, 0.717) is 6.04 Å². The Labute approximate surface area is 87.7 Å². The molecule has 0 aliphatic carbocycles. The lowest BCUT2D eigenvalue weighted by molar-refractivity contribution is 0.132. The van der Waals surface area contributed by atoms with Crippen molar-refractivity contribution in [3.05, 3.63) is 0 Å². The van der Waals surface area contributed by atoms with E-state index in [1.165, 1.54) is 6.42 Å². The Morgan fingerprint density at radius 2 is 2.07 bits per heavy atom. The number of likely N-dealkylation sites (N-methyl/N-ethyl adjacent to an activating group) is 1. The second kappa shape index (κ2) is 5.69. The molecule has 0 aromatic carbocycles. The van der Waals surface area contributed by atoms with Gasteiger partial charge in [-0.25, -0.2) is 0 Å². The monoisotopic (exact) mass is 200 g/mol. The van der Waals surface area contributed by atoms with Crippen LogP contribution in [0.2, 0.25) is 0 Å². The number of hydrogen-bond acceptors (Lipinski definition) is 3. The van der Waals surface area contributed by atoms with E-state index in [-0.39, 0.29) is 6.10 Å². The zero-order valence-corrected chi connectivity index (χ0v) is 9.74. The Balaban J connectivity index is 2.32. The van der Waals surface area contributed by atoms with Crippen molar-refractivity contribution in [2.24, 2.45) is 0 Å². The van der Waals surface area contributed by atoms with Gasteiger partial charge in [-0.15, -0.1) is 0 Å². The van der Waals surface area contributed by atoms with Crippen LogP contribution in [0.5, 0.6) is 0 Å². The fraction of sp³-hybridized carbons (Fsp3) is 1.00. The molecule has 84 valence electrons. The van der Waals surface area contributed by atoms with Crippen molar-refractivity contribution in [1.29, 1.82) is 0 Å². The van der Waals surface area contributed by atoms with E-state index in [1.54, 1.807) is 0 Å². The van der Waals surface area contributed by atoms with Gasteiger partial charge in [0.2, 0.25) is 0 Å². The van der Waals surface area contributed by atoms with E-state index in [0.717, 1.165) is 32.7 Å². The van der Waals surface area contributed by atoms with E-state index in [2.05, 4.69) is 23.6 Å². The van der Waals surface area contributed by atoms with E-state index >= 15 is 0 Å². The molecule has 1 fully saturated rings. The van der Waals surface area contributed by atoms with Gasteiger partial charge in [0.05, 0.1) is 6.10 Å². The summed E-state index contributed by atoms with van der Waals surface area (Å²) >= 11 is 0. The molecule has 0 spiro atoms. The quantitative estimate of drug-likeness (QED) is 0.710. The summed E-state index contributed by atoms with van der Waals surface area (Å²) in [6, 6.07) is 0.712. The van der Waals surface area contributed by atoms with Crippen LogP contribution in [0.4, 0.5) is 0 Å². The molecule has 0 radical (unpaired) electrons. The zero-order valence-electron chi connectivity index (χ0n) is 9.74. The fourth-order valence-electron chi connectivity index (χ4n) is 2.39. The molecule has 1 unspecified atom stereocenters. The number of β-amino-alcohol motifs (C(OH)–C–C–N with tert-alkyl or cyclic N) is 1. The van der Waals surface area contributed by atoms with Gasteiger partial charge in [-0.05, 0) is 33.0 Å². The first-order chi connectivity index (χ1) is 6.67. The van der Waals surface area contributed by atoms with Crippen LogP contribution >= 0.6 is 0 Å². The molecule has 1 aliphatic heterocycles. The lowest BCUT2D eigenvalue weighted by Crippen LogP contribution is -2.38. The zero-order chi connectivity index (χ0) is 10.6. The van der Waals surface area contributed by atoms with Crippen molar-refractivity contribution in [2.45, 2.75) is 39.3 Å². The summed E-state index contributed by atoms with van der Waals surface area (Å²) in [5, 5.41) is 9.30. The summed E-state index contributed by atoms with van der Waals surface area (Å²) in [4.78, 5) is 4.88. The smallest absolute Gasteiger partial charge is 0.0639 e. The van der Waals surface area contributed by atoms with Gasteiger partial charge in [0.25, 0.3) is 0 Å². The molecule has 1 saturated heterocycles. The van der Waals surface area contributed by atoms with E-state index in [9.17, 15) is 5.11 Å². The molecule has 2 atom stereocenters. The van der Waals surface area contributed by atoms with Crippen LogP contribution in [0.15, 0.2) is 0 Å². The Kier molecular flexibility index (Phi) is 4.85. The first-order valence-corrected chi connectivity index (χ1v) is 5.81. The maximum absolute atomic E-state index is 9.30. The van der Waals surface area contributed by atoms with Crippen molar-refractivity contribution in [3.63, 3.8) is 0 Å². The van der Waals surface area contributed by atoms with Gasteiger partial charge < -0.3 is 5.11 Å². The summed E-state index contributed by atoms with van der Waals surface area (Å²) < 4.78 is 0. The summed E-state index contributed by atoms with van der Waals surface area (Å²) in [5.74, 6) is 0. The highest BCUT2D eigenvalue weighted by Gasteiger charge is 2.26. The number of aliphatic hydroxyl groups excluding tert-OH is 1. The van der Waals surface area contributed by atoms with Crippen molar-refractivity contribution >= 4 is 0 Å². The Bertz CT molecular complexity index is 157. The highest BCUT2D eigenvalue weighted by molar-refractivity contribution is 4.83. The molecule has 14 heavy (non-hydrogen) atoms. The Hall–Kier alpha value is -0.120. The van der Waals surface area contributed by atoms with Gasteiger partial charge in [-0.3, -0.25) is 9.80 Å². The molecule has 1 rings (SSSR count). The predicted molar refractivity (Wildman–Crippen MR) is 59.4 cm³/mol. The fourth-order valence-corrected chi connectivity index (χ4v) is 2.39. The topological polar surface area (TPSA) is 26.7 Å². The molecular formula is C11H24N2O. The van der Waals surface area contributed by atoms with Crippen LogP contribution < -0.4 is 0 Å². The van der Waals surface area contributed by atoms with Crippen molar-refractivity contribution in [3.8, 4) is 0 Å². The summed E-state index contributed by atoms with van der Waals surface area (Å²) in [6.07, 6.45) is 1.07. The van der Waals surface area contributed by atoms with E-state index < -0.39 is 0 Å². The Morgan fingerprint density at radius 3 is 2.57 bits per heavy atom. The molecule has 1 N–H and O–H groups in total. The molecule has 0 saturated carbocycles. The first-order valence-electron chi connectivity index (χ1n) is 5.81. The third-order valence-electron chi connectivity index (χ3n) is 3.10. The number of nitrogens with zero attached hydrogens (tertiary/aromatic N) is 2. The second-order valence-corrected chi connectivity index (χ2v) is 4.27. The highest BCUT2D eigenvalue weighted by atomic mass is 16.3. The van der Waals surface area contributed by atoms with Crippen molar-refractivity contribution in [2.75, 3.05) is 32.7 Å². The van der Waals surface area contributed by atoms with Crippen LogP contribution in [0.1, 0.15) is 27.2 Å². The van der Waals surface area contributed by atoms with Crippen LogP contribution in [-0.4, -0.2) is 59.8 Å². The molecule has 3 nitrogen and oxygen atoms in total. The van der Waals surface area contributed by atoms with Gasteiger partial charge in [-0.2, -0.15) is 0 Å². The average Bonchev–Trinajstić information content (AvgIpc) is 2.54. The van der Waals surface area contributed by atoms with E-state index in [4.69, 9.17) is 0 Å². The molecule has 0 aromatic rings. The SMILES string of the molecule is CCN(CC)C1CCN(C[C@@H](C)O)C1. The molecule has 3 heteroatoms. The summed E-state index contributed by atoms with van der Waals surface area (Å²) in [5.41, 5.74) is 0. The normalized spacial score (nSPS) is 25.9. The van der Waals surface area contributed by atoms with Crippen molar-refractivity contribution < 1.29 is 5.11 Å². The minimum Gasteiger partial charge on any atom is -0.392 e. The minimum atomic E-state index is -0.189. The van der Waals surface area contributed by atoms with Gasteiger partial charge in [0.15, 0.2) is 0 Å². The average molecular weight is 200 g/mol. The van der Waals surface area contributed by atoms with E-state index in [1.807, 2.05) is 6.92 Å². The van der Waals surface area contributed by atoms with Crippen LogP contribution in [0.3, 0.4) is 0 Å². The lowest BCUT2D eigenvalue weighted by atomic mass is 10.2. The highest BCUT2D eigenvalue weighted by Crippen LogP contribution is 2.15. The number of rotatable bonds is 5. The van der Waals surface area contributed by atoms with Gasteiger partial charge in [0.1, 0.15) is 0 Å². The maximum Gasteiger partial charge on any atom is 0.0639 e. The molecule has 1 aliphatic rings. The third-order valence-corrected chi connectivity index (χ3v) is 3.10. The van der Waals surface area contributed by atoms with Crippen LogP contribution in [0, 0.1) is 0 Å². The summed E-state index contributed by atoms with van der Waals surface area (Å²) in [6.45, 7) is 11.7. The van der Waals surface area contributed by atoms with Gasteiger partial charge in [0, 0.05) is 19.1 Å². The largest absolute Gasteiger partial charge is 0.392 e. The van der Waals surface area contributed by atoms with Crippen molar-refractivity contribution in [1.82, 2.24) is 9.80 Å². The van der Waals surface area contributed by atoms with Gasteiger partial charge in [-0.1, -0.05) is 13.8 Å². The molecule has 0 bridgehead atoms. The molecule has 0 aromatic heterocycles. The third kappa shape index (κ3) is 3.23. The standard InChI is InChI=1S/C11H24N2O/c1-4-13(5-2)11-6-7-12(9-11)8-10(3)14/h10-11,14H,4-9H2,1-3H3/t10-,11?/m1/s1. The number of likely N-dealkylation sites (tertiary alicyclic amines) is 1. The molecule has 0 amide bonds. The molecule has 1 heterocycles. The Morgan fingerprint density at radius 1 is 1.43 bits per heavy atom. The second-order valence-electron chi connectivity index (χ2n) is 4.27. The van der Waals surface area contributed by atoms with Crippen LogP contribution in [-0.2, 0) is 0 Å². The number of hydrogen-bond donors (Lipinski definition) is 1. The predicted octanol–water partition coefficient (Wildman–Crippen LogP) is 0.783.